The van der Waals surface area contributed by atoms with Crippen molar-refractivity contribution in [2.75, 3.05) is 7.11 Å². The molecule has 7 heteroatoms. The van der Waals surface area contributed by atoms with Crippen molar-refractivity contribution in [3.8, 4) is 11.5 Å². The van der Waals surface area contributed by atoms with Crippen LogP contribution in [0.4, 0.5) is 0 Å². The van der Waals surface area contributed by atoms with Crippen LogP contribution in [0.1, 0.15) is 11.1 Å². The van der Waals surface area contributed by atoms with Gasteiger partial charge in [0, 0.05) is 6.54 Å². The van der Waals surface area contributed by atoms with Crippen molar-refractivity contribution >= 4 is 18.0 Å². The van der Waals surface area contributed by atoms with Crippen molar-refractivity contribution in [1.29, 1.82) is 0 Å². The number of nitrogens with zero attached hydrogens (tertiary/aromatic N) is 1. The average molecular weight is 327 g/mol. The summed E-state index contributed by atoms with van der Waals surface area (Å²) in [7, 11) is 1.43. The van der Waals surface area contributed by atoms with Crippen LogP contribution in [0.3, 0.4) is 0 Å². The van der Waals surface area contributed by atoms with E-state index in [1.54, 1.807) is 12.1 Å². The van der Waals surface area contributed by atoms with Crippen LogP contribution in [-0.4, -0.2) is 30.2 Å². The molecule has 2 amide bonds. The molecule has 2 aromatic carbocycles. The van der Waals surface area contributed by atoms with Gasteiger partial charge >= 0.3 is 11.8 Å². The number of ether oxygens (including phenoxy) is 1. The summed E-state index contributed by atoms with van der Waals surface area (Å²) in [6.07, 6.45) is 1.34. The van der Waals surface area contributed by atoms with Crippen LogP contribution in [0.25, 0.3) is 0 Å². The number of aromatic hydroxyl groups is 1. The van der Waals surface area contributed by atoms with E-state index in [9.17, 15) is 14.7 Å². The Balaban J connectivity index is 1.84. The molecule has 0 aliphatic rings. The molecule has 0 unspecified atom stereocenters. The third-order valence-electron chi connectivity index (χ3n) is 3.09. The summed E-state index contributed by atoms with van der Waals surface area (Å²) >= 11 is 0. The third-order valence-corrected chi connectivity index (χ3v) is 3.09. The van der Waals surface area contributed by atoms with Crippen molar-refractivity contribution in [1.82, 2.24) is 10.7 Å². The number of phenolic OH excluding ortho intramolecular Hbond substituents is 1. The second-order valence-electron chi connectivity index (χ2n) is 4.80. The quantitative estimate of drug-likeness (QED) is 0.436. The standard InChI is InChI=1S/C17H17N3O4/c1-24-15-9-13(7-8-14(15)21)11-19-20-17(23)16(22)18-10-12-5-3-2-4-6-12/h2-9,11,21H,10H2,1H3,(H,18,22)(H,20,23)/b19-11-. The van der Waals surface area contributed by atoms with Crippen molar-refractivity contribution in [3.63, 3.8) is 0 Å². The minimum absolute atomic E-state index is 0.000949. The van der Waals surface area contributed by atoms with Gasteiger partial charge in [0.05, 0.1) is 13.3 Å². The molecule has 0 aliphatic heterocycles. The van der Waals surface area contributed by atoms with Gasteiger partial charge in [0.2, 0.25) is 0 Å². The summed E-state index contributed by atoms with van der Waals surface area (Å²) in [5, 5.41) is 15.7. The maximum Gasteiger partial charge on any atom is 0.329 e. The molecular weight excluding hydrogens is 310 g/mol. The molecule has 0 heterocycles. The van der Waals surface area contributed by atoms with Gasteiger partial charge in [-0.3, -0.25) is 9.59 Å². The lowest BCUT2D eigenvalue weighted by atomic mass is 10.2. The fraction of sp³-hybridized carbons (Fsp3) is 0.118. The van der Waals surface area contributed by atoms with Gasteiger partial charge < -0.3 is 15.2 Å². The normalized spacial score (nSPS) is 10.4. The monoisotopic (exact) mass is 327 g/mol. The largest absolute Gasteiger partial charge is 0.504 e. The molecule has 24 heavy (non-hydrogen) atoms. The van der Waals surface area contributed by atoms with E-state index in [4.69, 9.17) is 4.74 Å². The SMILES string of the molecule is COc1cc(/C=N\NC(=O)C(=O)NCc2ccccc2)ccc1O. The van der Waals surface area contributed by atoms with Crippen LogP contribution in [-0.2, 0) is 16.1 Å². The van der Waals surface area contributed by atoms with Crippen molar-refractivity contribution in [2.24, 2.45) is 5.10 Å². The van der Waals surface area contributed by atoms with Crippen LogP contribution in [0.15, 0.2) is 53.6 Å². The Hall–Kier alpha value is -3.35. The summed E-state index contributed by atoms with van der Waals surface area (Å²) in [5.41, 5.74) is 3.61. The van der Waals surface area contributed by atoms with Crippen LogP contribution >= 0.6 is 0 Å². The minimum Gasteiger partial charge on any atom is -0.504 e. The van der Waals surface area contributed by atoms with Crippen LogP contribution < -0.4 is 15.5 Å². The number of carbonyl (C=O) groups is 2. The number of benzene rings is 2. The molecule has 0 atom stereocenters. The number of hydrogen-bond acceptors (Lipinski definition) is 5. The lowest BCUT2D eigenvalue weighted by Crippen LogP contribution is -2.37. The zero-order valence-electron chi connectivity index (χ0n) is 13.0. The number of methoxy groups -OCH3 is 1. The lowest BCUT2D eigenvalue weighted by Gasteiger charge is -2.04. The van der Waals surface area contributed by atoms with Crippen LogP contribution in [0.2, 0.25) is 0 Å². The molecule has 0 saturated carbocycles. The Labute approximate surface area is 139 Å². The number of hydrogen-bond donors (Lipinski definition) is 3. The average Bonchev–Trinajstić information content (AvgIpc) is 2.61. The van der Waals surface area contributed by atoms with Gasteiger partial charge in [0.25, 0.3) is 0 Å². The molecule has 3 N–H and O–H groups in total. The van der Waals surface area contributed by atoms with E-state index in [0.717, 1.165) is 5.56 Å². The molecule has 0 bridgehead atoms. The molecule has 124 valence electrons. The van der Waals surface area contributed by atoms with E-state index < -0.39 is 11.8 Å². The Kier molecular flexibility index (Phi) is 5.90. The first kappa shape index (κ1) is 17.0. The van der Waals surface area contributed by atoms with Gasteiger partial charge in [-0.05, 0) is 29.3 Å². The van der Waals surface area contributed by atoms with E-state index in [1.807, 2.05) is 30.3 Å². The van der Waals surface area contributed by atoms with Gasteiger partial charge in [-0.2, -0.15) is 5.10 Å². The number of amides is 2. The van der Waals surface area contributed by atoms with Gasteiger partial charge in [-0.25, -0.2) is 5.43 Å². The summed E-state index contributed by atoms with van der Waals surface area (Å²) in [6.45, 7) is 0.256. The van der Waals surface area contributed by atoms with E-state index in [2.05, 4.69) is 15.8 Å². The number of nitrogens with one attached hydrogen (secondary N) is 2. The van der Waals surface area contributed by atoms with Crippen molar-refractivity contribution < 1.29 is 19.4 Å². The maximum atomic E-state index is 11.7. The summed E-state index contributed by atoms with van der Waals surface area (Å²) in [6, 6.07) is 13.8. The fourth-order valence-electron chi connectivity index (χ4n) is 1.85. The first-order valence-corrected chi connectivity index (χ1v) is 7.12. The maximum absolute atomic E-state index is 11.7. The molecule has 0 fully saturated rings. The molecule has 0 spiro atoms. The predicted molar refractivity (Wildman–Crippen MR) is 88.7 cm³/mol. The highest BCUT2D eigenvalue weighted by atomic mass is 16.5. The van der Waals surface area contributed by atoms with Crippen LogP contribution in [0.5, 0.6) is 11.5 Å². The molecule has 0 saturated heterocycles. The van der Waals surface area contributed by atoms with Crippen molar-refractivity contribution in [3.05, 3.63) is 59.7 Å². The van der Waals surface area contributed by atoms with Gasteiger partial charge in [0.1, 0.15) is 0 Å². The second-order valence-corrected chi connectivity index (χ2v) is 4.80. The first-order valence-electron chi connectivity index (χ1n) is 7.12. The molecule has 2 rings (SSSR count). The third kappa shape index (κ3) is 4.84. The zero-order chi connectivity index (χ0) is 17.4. The Morgan fingerprint density at radius 3 is 2.62 bits per heavy atom. The van der Waals surface area contributed by atoms with Crippen LogP contribution in [0, 0.1) is 0 Å². The van der Waals surface area contributed by atoms with Gasteiger partial charge in [-0.1, -0.05) is 30.3 Å². The lowest BCUT2D eigenvalue weighted by molar-refractivity contribution is -0.139. The molecule has 2 aromatic rings. The molecule has 0 aliphatic carbocycles. The molecule has 0 aromatic heterocycles. The highest BCUT2D eigenvalue weighted by Gasteiger charge is 2.11. The predicted octanol–water partition coefficient (Wildman–Crippen LogP) is 1.17. The first-order chi connectivity index (χ1) is 11.6. The Morgan fingerprint density at radius 1 is 1.17 bits per heavy atom. The molecule has 7 nitrogen and oxygen atoms in total. The molecular formula is C17H17N3O4. The minimum atomic E-state index is -0.868. The second kappa shape index (κ2) is 8.33. The smallest absolute Gasteiger partial charge is 0.329 e. The van der Waals surface area contributed by atoms with Gasteiger partial charge in [-0.15, -0.1) is 0 Å². The van der Waals surface area contributed by atoms with E-state index in [0.29, 0.717) is 5.56 Å². The summed E-state index contributed by atoms with van der Waals surface area (Å²) in [5.74, 6) is -1.36. The van der Waals surface area contributed by atoms with E-state index >= 15 is 0 Å². The van der Waals surface area contributed by atoms with E-state index in [1.165, 1.54) is 19.4 Å². The zero-order valence-corrected chi connectivity index (χ0v) is 13.0. The van der Waals surface area contributed by atoms with E-state index in [-0.39, 0.29) is 18.0 Å². The Morgan fingerprint density at radius 2 is 1.92 bits per heavy atom. The summed E-state index contributed by atoms with van der Waals surface area (Å²) in [4.78, 5) is 23.3. The highest BCUT2D eigenvalue weighted by Crippen LogP contribution is 2.25. The van der Waals surface area contributed by atoms with Crippen molar-refractivity contribution in [2.45, 2.75) is 6.54 Å². The Bertz CT molecular complexity index is 745. The topological polar surface area (TPSA) is 100 Å². The highest BCUT2D eigenvalue weighted by molar-refractivity contribution is 6.35. The summed E-state index contributed by atoms with van der Waals surface area (Å²) < 4.78 is 4.96. The number of rotatable bonds is 5. The fourth-order valence-corrected chi connectivity index (χ4v) is 1.85. The molecule has 0 radical (unpaired) electrons. The number of phenols is 1. The number of carbonyl (C=O) groups excluding carboxylic acids is 2. The number of hydrazone groups is 1. The van der Waals surface area contributed by atoms with Gasteiger partial charge in [0.15, 0.2) is 11.5 Å².